The molecule has 1 N–H and O–H groups in total. The molecule has 1 aliphatic carbocycles. The van der Waals surface area contributed by atoms with Gasteiger partial charge >= 0.3 is 0 Å². The maximum Gasteiger partial charge on any atom is 0.264 e. The molecule has 3 aromatic carbocycles. The minimum atomic E-state index is -0.237. The lowest BCUT2D eigenvalue weighted by Crippen LogP contribution is -2.19. The zero-order chi connectivity index (χ0) is 20.5. The Morgan fingerprint density at radius 3 is 1.90 bits per heavy atom. The molecule has 0 atom stereocenters. The fraction of sp³-hybridized carbons (Fsp3) is 0. The molecule has 4 nitrogen and oxygen atoms in total. The van der Waals surface area contributed by atoms with Crippen LogP contribution in [0.25, 0.3) is 28.9 Å². The molecule has 2 aliphatic rings. The molecule has 0 spiro atoms. The minimum absolute atomic E-state index is 0.237. The van der Waals surface area contributed by atoms with Crippen molar-refractivity contribution < 1.29 is 4.79 Å². The number of aliphatic imine (C=N–C) groups is 1. The average Bonchev–Trinajstić information content (AvgIpc) is 3.28. The number of benzene rings is 3. The van der Waals surface area contributed by atoms with Gasteiger partial charge in [0.2, 0.25) is 6.19 Å². The molecule has 5 rings (SSSR count). The van der Waals surface area contributed by atoms with Crippen molar-refractivity contribution >= 4 is 40.6 Å². The van der Waals surface area contributed by atoms with Gasteiger partial charge in [0, 0.05) is 0 Å². The van der Waals surface area contributed by atoms with Gasteiger partial charge in [-0.3, -0.25) is 10.1 Å². The van der Waals surface area contributed by atoms with Crippen LogP contribution in [0.2, 0.25) is 0 Å². The van der Waals surface area contributed by atoms with E-state index in [1.165, 1.54) is 39.6 Å². The van der Waals surface area contributed by atoms with Crippen LogP contribution < -0.4 is 5.32 Å². The van der Waals surface area contributed by atoms with Crippen LogP contribution in [0.1, 0.15) is 22.3 Å². The van der Waals surface area contributed by atoms with Crippen molar-refractivity contribution in [1.82, 2.24) is 5.32 Å². The van der Waals surface area contributed by atoms with E-state index in [-0.39, 0.29) is 5.91 Å². The quantitative estimate of drug-likeness (QED) is 0.364. The number of thioether (sulfide) groups is 1. The molecule has 0 aromatic heterocycles. The largest absolute Gasteiger partial charge is 0.300 e. The maximum atomic E-state index is 12.0. The highest BCUT2D eigenvalue weighted by molar-refractivity contribution is 8.18. The van der Waals surface area contributed by atoms with Gasteiger partial charge in [0.1, 0.15) is 0 Å². The Kier molecular flexibility index (Phi) is 4.55. The number of nitriles is 1. The Hall–Kier alpha value is -3.88. The summed E-state index contributed by atoms with van der Waals surface area (Å²) in [6, 6.07) is 25.0. The first-order valence-corrected chi connectivity index (χ1v) is 10.2. The van der Waals surface area contributed by atoms with Crippen molar-refractivity contribution in [2.75, 3.05) is 0 Å². The summed E-state index contributed by atoms with van der Waals surface area (Å²) in [6.45, 7) is 0. The number of amidine groups is 1. The predicted octanol–water partition coefficient (Wildman–Crippen LogP) is 5.30. The predicted molar refractivity (Wildman–Crippen MR) is 122 cm³/mol. The standard InChI is InChI=1S/C25H15N3OS/c26-15-27-25-28-24(29)23(30-25)14-17-11-9-16(10-12-17)13-22-20-7-3-1-5-18(20)19-6-2-4-8-21(19)22/h1-14H,(H,27,28,29). The fourth-order valence-electron chi connectivity index (χ4n) is 3.74. The van der Waals surface area contributed by atoms with Gasteiger partial charge < -0.3 is 0 Å². The molecule has 1 aliphatic heterocycles. The zero-order valence-corrected chi connectivity index (χ0v) is 16.6. The van der Waals surface area contributed by atoms with Crippen LogP contribution in [0, 0.1) is 11.5 Å². The van der Waals surface area contributed by atoms with Crippen LogP contribution in [0.15, 0.2) is 82.7 Å². The lowest BCUT2D eigenvalue weighted by molar-refractivity contribution is -0.115. The van der Waals surface area contributed by atoms with Gasteiger partial charge in [-0.05, 0) is 62.9 Å². The first kappa shape index (κ1) is 18.2. The molecule has 0 unspecified atom stereocenters. The Labute approximate surface area is 178 Å². The molecule has 142 valence electrons. The van der Waals surface area contributed by atoms with Gasteiger partial charge in [0.25, 0.3) is 5.91 Å². The number of nitrogens with one attached hydrogen (secondary N) is 1. The molecular formula is C25H15N3OS. The van der Waals surface area contributed by atoms with Crippen LogP contribution in [0.5, 0.6) is 0 Å². The van der Waals surface area contributed by atoms with Crippen molar-refractivity contribution in [3.8, 4) is 17.3 Å². The van der Waals surface area contributed by atoms with Gasteiger partial charge in [-0.2, -0.15) is 5.26 Å². The summed E-state index contributed by atoms with van der Waals surface area (Å²) in [7, 11) is 0. The molecule has 1 saturated heterocycles. The van der Waals surface area contributed by atoms with E-state index in [1.807, 2.05) is 24.3 Å². The van der Waals surface area contributed by atoms with E-state index in [0.29, 0.717) is 10.1 Å². The lowest BCUT2D eigenvalue weighted by atomic mass is 10.0. The van der Waals surface area contributed by atoms with Crippen molar-refractivity contribution in [3.63, 3.8) is 0 Å². The van der Waals surface area contributed by atoms with E-state index in [0.717, 1.165) is 11.1 Å². The molecule has 1 fully saturated rings. The molecule has 1 amide bonds. The van der Waals surface area contributed by atoms with Crippen LogP contribution >= 0.6 is 11.8 Å². The van der Waals surface area contributed by atoms with Gasteiger partial charge in [-0.1, -0.05) is 72.8 Å². The van der Waals surface area contributed by atoms with E-state index in [1.54, 1.807) is 12.3 Å². The zero-order valence-electron chi connectivity index (χ0n) is 15.8. The fourth-order valence-corrected chi connectivity index (χ4v) is 4.52. The molecule has 5 heteroatoms. The molecule has 0 radical (unpaired) electrons. The number of amides is 1. The summed E-state index contributed by atoms with van der Waals surface area (Å²) in [5, 5.41) is 11.5. The third-order valence-electron chi connectivity index (χ3n) is 5.07. The Morgan fingerprint density at radius 2 is 1.33 bits per heavy atom. The summed E-state index contributed by atoms with van der Waals surface area (Å²) in [5.41, 5.74) is 8.24. The number of carbonyl (C=O) groups is 1. The third kappa shape index (κ3) is 3.24. The number of hydrogen-bond donors (Lipinski definition) is 1. The van der Waals surface area contributed by atoms with E-state index in [4.69, 9.17) is 5.26 Å². The smallest absolute Gasteiger partial charge is 0.264 e. The van der Waals surface area contributed by atoms with Crippen LogP contribution in [0.3, 0.4) is 0 Å². The number of rotatable bonds is 2. The van der Waals surface area contributed by atoms with Gasteiger partial charge in [-0.25, -0.2) is 0 Å². The van der Waals surface area contributed by atoms with Crippen LogP contribution in [-0.2, 0) is 4.79 Å². The monoisotopic (exact) mass is 405 g/mol. The first-order chi connectivity index (χ1) is 14.7. The molecule has 30 heavy (non-hydrogen) atoms. The first-order valence-electron chi connectivity index (χ1n) is 9.41. The second-order valence-corrected chi connectivity index (χ2v) is 7.93. The van der Waals surface area contributed by atoms with E-state index < -0.39 is 0 Å². The summed E-state index contributed by atoms with van der Waals surface area (Å²) < 4.78 is 0. The molecular weight excluding hydrogens is 390 g/mol. The Bertz CT molecular complexity index is 1260. The summed E-state index contributed by atoms with van der Waals surface area (Å²) >= 11 is 1.17. The molecule has 3 aromatic rings. The molecule has 1 heterocycles. The van der Waals surface area contributed by atoms with Gasteiger partial charge in [0.15, 0.2) is 5.17 Å². The number of nitrogens with zero attached hydrogens (tertiary/aromatic N) is 2. The lowest BCUT2D eigenvalue weighted by Gasteiger charge is -2.04. The SMILES string of the molecule is N#CN=C1NC(=O)C(=Cc2ccc(C=C3c4ccccc4-c4ccccc43)cc2)S1. The van der Waals surface area contributed by atoms with Gasteiger partial charge in [0.05, 0.1) is 4.91 Å². The van der Waals surface area contributed by atoms with E-state index >= 15 is 0 Å². The van der Waals surface area contributed by atoms with E-state index in [2.05, 4.69) is 64.9 Å². The average molecular weight is 405 g/mol. The maximum absolute atomic E-state index is 12.0. The second-order valence-electron chi connectivity index (χ2n) is 6.90. The van der Waals surface area contributed by atoms with E-state index in [9.17, 15) is 4.79 Å². The highest BCUT2D eigenvalue weighted by atomic mass is 32.2. The summed E-state index contributed by atoms with van der Waals surface area (Å²) in [4.78, 5) is 16.1. The van der Waals surface area contributed by atoms with Crippen molar-refractivity contribution in [2.45, 2.75) is 0 Å². The van der Waals surface area contributed by atoms with Crippen molar-refractivity contribution in [3.05, 3.63) is 100.0 Å². The third-order valence-corrected chi connectivity index (χ3v) is 5.98. The summed E-state index contributed by atoms with van der Waals surface area (Å²) in [6.07, 6.45) is 5.70. The number of hydrogen-bond acceptors (Lipinski definition) is 4. The number of carbonyl (C=O) groups excluding carboxylic acids is 1. The minimum Gasteiger partial charge on any atom is -0.300 e. The Morgan fingerprint density at radius 1 is 0.800 bits per heavy atom. The van der Waals surface area contributed by atoms with Crippen LogP contribution in [0.4, 0.5) is 0 Å². The van der Waals surface area contributed by atoms with Crippen LogP contribution in [-0.4, -0.2) is 11.1 Å². The number of fused-ring (bicyclic) bond motifs is 3. The van der Waals surface area contributed by atoms with Gasteiger partial charge in [-0.15, -0.1) is 4.99 Å². The highest BCUT2D eigenvalue weighted by Gasteiger charge is 2.24. The Balaban J connectivity index is 1.47. The second kappa shape index (κ2) is 7.51. The normalized spacial score (nSPS) is 16.9. The topological polar surface area (TPSA) is 65.2 Å². The molecule has 0 bridgehead atoms. The van der Waals surface area contributed by atoms with Crippen molar-refractivity contribution in [2.24, 2.45) is 4.99 Å². The highest BCUT2D eigenvalue weighted by Crippen LogP contribution is 2.44. The molecule has 0 saturated carbocycles. The van der Waals surface area contributed by atoms with Crippen molar-refractivity contribution in [1.29, 1.82) is 5.26 Å². The summed E-state index contributed by atoms with van der Waals surface area (Å²) in [5.74, 6) is -0.237.